The third kappa shape index (κ3) is 3.79. The minimum atomic E-state index is -3.96. The van der Waals surface area contributed by atoms with Crippen LogP contribution >= 0.6 is 0 Å². The van der Waals surface area contributed by atoms with Crippen molar-refractivity contribution in [3.8, 4) is 0 Å². The summed E-state index contributed by atoms with van der Waals surface area (Å²) in [6.45, 7) is 1.63. The number of amides is 1. The minimum Gasteiger partial charge on any atom is -0.274 e. The molecular formula is C14H14FN3O3S. The molecule has 116 valence electrons. The summed E-state index contributed by atoms with van der Waals surface area (Å²) >= 11 is 0. The van der Waals surface area contributed by atoms with Gasteiger partial charge in [0.1, 0.15) is 10.7 Å². The second kappa shape index (κ2) is 6.10. The van der Waals surface area contributed by atoms with Gasteiger partial charge in [-0.1, -0.05) is 12.1 Å². The van der Waals surface area contributed by atoms with Crippen molar-refractivity contribution in [1.29, 1.82) is 0 Å². The summed E-state index contributed by atoms with van der Waals surface area (Å²) in [6, 6.07) is 5.53. The van der Waals surface area contributed by atoms with Crippen LogP contribution in [0.4, 0.5) is 4.39 Å². The molecular weight excluding hydrogens is 309 g/mol. The van der Waals surface area contributed by atoms with Gasteiger partial charge in [0.25, 0.3) is 15.9 Å². The molecule has 6 nitrogen and oxygen atoms in total. The number of hydrogen-bond acceptors (Lipinski definition) is 4. The fourth-order valence-electron chi connectivity index (χ4n) is 1.75. The molecule has 1 aromatic carbocycles. The van der Waals surface area contributed by atoms with E-state index >= 15 is 0 Å². The average Bonchev–Trinajstić information content (AvgIpc) is 2.86. The van der Waals surface area contributed by atoms with E-state index < -0.39 is 15.9 Å². The lowest BCUT2D eigenvalue weighted by atomic mass is 10.1. The zero-order valence-electron chi connectivity index (χ0n) is 11.9. The lowest BCUT2D eigenvalue weighted by molar-refractivity contribution is -0.114. The van der Waals surface area contributed by atoms with Crippen LogP contribution in [0.5, 0.6) is 0 Å². The Hall–Kier alpha value is -2.48. The first-order valence-electron chi connectivity index (χ1n) is 6.27. The highest BCUT2D eigenvalue weighted by molar-refractivity contribution is 7.90. The van der Waals surface area contributed by atoms with Gasteiger partial charge in [-0.2, -0.15) is 5.10 Å². The van der Waals surface area contributed by atoms with E-state index in [0.29, 0.717) is 11.1 Å². The van der Waals surface area contributed by atoms with Crippen LogP contribution in [0.3, 0.4) is 0 Å². The maximum Gasteiger partial charge on any atom is 0.267 e. The SMILES string of the molecule is CC(=CC(=O)NS(=O)(=O)c1cnn(C)c1)c1ccc(F)cc1. The number of carbonyl (C=O) groups excluding carboxylic acids is 1. The summed E-state index contributed by atoms with van der Waals surface area (Å²) in [6.07, 6.45) is 3.57. The van der Waals surface area contributed by atoms with E-state index in [2.05, 4.69) is 5.10 Å². The number of hydrogen-bond donors (Lipinski definition) is 1. The number of halogens is 1. The fourth-order valence-corrected chi connectivity index (χ4v) is 2.67. The van der Waals surface area contributed by atoms with Gasteiger partial charge in [0.05, 0.1) is 6.20 Å². The maximum absolute atomic E-state index is 12.8. The zero-order chi connectivity index (χ0) is 16.3. The van der Waals surface area contributed by atoms with Crippen molar-refractivity contribution < 1.29 is 17.6 Å². The topological polar surface area (TPSA) is 81.1 Å². The zero-order valence-corrected chi connectivity index (χ0v) is 12.8. The highest BCUT2D eigenvalue weighted by Crippen LogP contribution is 2.14. The van der Waals surface area contributed by atoms with E-state index in [1.807, 2.05) is 4.72 Å². The van der Waals surface area contributed by atoms with Gasteiger partial charge in [-0.3, -0.25) is 9.48 Å². The summed E-state index contributed by atoms with van der Waals surface area (Å²) < 4.78 is 40.0. The van der Waals surface area contributed by atoms with Crippen molar-refractivity contribution in [2.45, 2.75) is 11.8 Å². The van der Waals surface area contributed by atoms with Crippen molar-refractivity contribution in [1.82, 2.24) is 14.5 Å². The molecule has 2 aromatic rings. The van der Waals surface area contributed by atoms with Gasteiger partial charge in [-0.25, -0.2) is 17.5 Å². The lowest BCUT2D eigenvalue weighted by Crippen LogP contribution is -2.29. The summed E-state index contributed by atoms with van der Waals surface area (Å²) in [7, 11) is -2.39. The first-order valence-corrected chi connectivity index (χ1v) is 7.76. The molecule has 0 bridgehead atoms. The predicted molar refractivity (Wildman–Crippen MR) is 78.6 cm³/mol. The Morgan fingerprint density at radius 3 is 2.50 bits per heavy atom. The number of sulfonamides is 1. The third-order valence-electron chi connectivity index (χ3n) is 2.87. The molecule has 22 heavy (non-hydrogen) atoms. The number of nitrogens with one attached hydrogen (secondary N) is 1. The molecule has 0 atom stereocenters. The summed E-state index contributed by atoms with van der Waals surface area (Å²) in [5, 5.41) is 3.74. The van der Waals surface area contributed by atoms with E-state index in [0.717, 1.165) is 12.3 Å². The van der Waals surface area contributed by atoms with Crippen LogP contribution in [0.2, 0.25) is 0 Å². The molecule has 0 saturated carbocycles. The molecule has 0 unspecified atom stereocenters. The van der Waals surface area contributed by atoms with Crippen molar-refractivity contribution in [2.75, 3.05) is 0 Å². The Balaban J connectivity index is 2.15. The molecule has 1 N–H and O–H groups in total. The standard InChI is InChI=1S/C14H14FN3O3S/c1-10(11-3-5-12(15)6-4-11)7-14(19)17-22(20,21)13-8-16-18(2)9-13/h3-9H,1-2H3,(H,17,19). The number of nitrogens with zero attached hydrogens (tertiary/aromatic N) is 2. The van der Waals surface area contributed by atoms with Crippen LogP contribution in [0.1, 0.15) is 12.5 Å². The van der Waals surface area contributed by atoms with E-state index in [1.54, 1.807) is 14.0 Å². The third-order valence-corrected chi connectivity index (χ3v) is 4.17. The first kappa shape index (κ1) is 15.9. The van der Waals surface area contributed by atoms with E-state index in [1.165, 1.54) is 35.1 Å². The van der Waals surface area contributed by atoms with Crippen LogP contribution in [0.15, 0.2) is 47.6 Å². The number of carbonyl (C=O) groups is 1. The molecule has 0 saturated heterocycles. The number of aryl methyl sites for hydroxylation is 1. The molecule has 0 aliphatic heterocycles. The Bertz CT molecular complexity index is 823. The second-order valence-corrected chi connectivity index (χ2v) is 6.34. The molecule has 2 rings (SSSR count). The molecule has 1 heterocycles. The smallest absolute Gasteiger partial charge is 0.267 e. The lowest BCUT2D eigenvalue weighted by Gasteiger charge is -2.04. The van der Waals surface area contributed by atoms with Gasteiger partial charge in [0.2, 0.25) is 0 Å². The largest absolute Gasteiger partial charge is 0.274 e. The van der Waals surface area contributed by atoms with Gasteiger partial charge in [0, 0.05) is 19.3 Å². The number of aromatic nitrogens is 2. The van der Waals surface area contributed by atoms with Gasteiger partial charge in [0.15, 0.2) is 0 Å². The van der Waals surface area contributed by atoms with Crippen LogP contribution < -0.4 is 4.72 Å². The van der Waals surface area contributed by atoms with Crippen LogP contribution in [-0.4, -0.2) is 24.1 Å². The van der Waals surface area contributed by atoms with Gasteiger partial charge < -0.3 is 0 Å². The molecule has 0 spiro atoms. The first-order chi connectivity index (χ1) is 10.3. The maximum atomic E-state index is 12.8. The molecule has 1 amide bonds. The Labute approximate surface area is 127 Å². The van der Waals surface area contributed by atoms with E-state index in [9.17, 15) is 17.6 Å². The molecule has 0 aliphatic carbocycles. The Kier molecular flexibility index (Phi) is 4.41. The van der Waals surface area contributed by atoms with Gasteiger partial charge in [-0.15, -0.1) is 0 Å². The quantitative estimate of drug-likeness (QED) is 0.864. The fraction of sp³-hybridized carbons (Fsp3) is 0.143. The van der Waals surface area contributed by atoms with E-state index in [4.69, 9.17) is 0 Å². The predicted octanol–water partition coefficient (Wildman–Crippen LogP) is 1.47. The highest BCUT2D eigenvalue weighted by Gasteiger charge is 2.18. The van der Waals surface area contributed by atoms with Crippen molar-refractivity contribution in [3.63, 3.8) is 0 Å². The summed E-state index contributed by atoms with van der Waals surface area (Å²) in [4.78, 5) is 11.7. The molecule has 0 fully saturated rings. The molecule has 8 heteroatoms. The Morgan fingerprint density at radius 1 is 1.32 bits per heavy atom. The average molecular weight is 323 g/mol. The summed E-state index contributed by atoms with van der Waals surface area (Å²) in [5.74, 6) is -1.18. The van der Waals surface area contributed by atoms with Gasteiger partial charge in [-0.05, 0) is 30.2 Å². The molecule has 1 aromatic heterocycles. The number of benzene rings is 1. The van der Waals surface area contributed by atoms with Crippen molar-refractivity contribution >= 4 is 21.5 Å². The normalized spacial score (nSPS) is 12.2. The monoisotopic (exact) mass is 323 g/mol. The van der Waals surface area contributed by atoms with Crippen molar-refractivity contribution in [2.24, 2.45) is 7.05 Å². The second-order valence-electron chi connectivity index (χ2n) is 4.65. The number of rotatable bonds is 4. The summed E-state index contributed by atoms with van der Waals surface area (Å²) in [5.41, 5.74) is 1.13. The van der Waals surface area contributed by atoms with Crippen molar-refractivity contribution in [3.05, 3.63) is 54.1 Å². The highest BCUT2D eigenvalue weighted by atomic mass is 32.2. The minimum absolute atomic E-state index is 0.101. The van der Waals surface area contributed by atoms with Gasteiger partial charge >= 0.3 is 0 Å². The molecule has 0 radical (unpaired) electrons. The number of allylic oxidation sites excluding steroid dienone is 1. The molecule has 0 aliphatic rings. The Morgan fingerprint density at radius 2 is 1.95 bits per heavy atom. The van der Waals surface area contributed by atoms with E-state index in [-0.39, 0.29) is 10.7 Å². The van der Waals surface area contributed by atoms with Crippen LogP contribution in [0, 0.1) is 5.82 Å². The van der Waals surface area contributed by atoms with Crippen LogP contribution in [0.25, 0.3) is 5.57 Å². The van der Waals surface area contributed by atoms with Crippen LogP contribution in [-0.2, 0) is 21.9 Å².